The molecular formula is C13H17N3O3S. The highest BCUT2D eigenvalue weighted by molar-refractivity contribution is 7.89. The lowest BCUT2D eigenvalue weighted by Gasteiger charge is -2.21. The van der Waals surface area contributed by atoms with Gasteiger partial charge in [0.2, 0.25) is 0 Å². The molecule has 0 aliphatic heterocycles. The third-order valence-corrected chi connectivity index (χ3v) is 4.61. The van der Waals surface area contributed by atoms with Gasteiger partial charge in [-0.25, -0.2) is 13.4 Å². The predicted molar refractivity (Wildman–Crippen MR) is 74.5 cm³/mol. The molecule has 1 heterocycles. The van der Waals surface area contributed by atoms with E-state index in [1.54, 1.807) is 7.11 Å². The molecule has 0 radical (unpaired) electrons. The largest absolute Gasteiger partial charge is 0.383 e. The number of hydrogen-bond acceptors (Lipinski definition) is 4. The Morgan fingerprint density at radius 1 is 1.30 bits per heavy atom. The number of ether oxygens (including phenoxy) is 1. The van der Waals surface area contributed by atoms with E-state index in [1.165, 1.54) is 16.8 Å². The Labute approximate surface area is 118 Å². The van der Waals surface area contributed by atoms with Crippen molar-refractivity contribution in [3.8, 4) is 0 Å². The van der Waals surface area contributed by atoms with Crippen LogP contribution in [0.4, 0.5) is 0 Å². The first-order valence-electron chi connectivity index (χ1n) is 6.16. The molecule has 0 bridgehead atoms. The van der Waals surface area contributed by atoms with Crippen LogP contribution in [-0.4, -0.2) is 43.0 Å². The molecule has 1 aromatic carbocycles. The van der Waals surface area contributed by atoms with Crippen LogP contribution in [0.15, 0.2) is 47.9 Å². The number of methoxy groups -OCH3 is 1. The smallest absolute Gasteiger partial charge is 0.260 e. The maximum Gasteiger partial charge on any atom is 0.260 e. The fourth-order valence-corrected chi connectivity index (χ4v) is 3.10. The second-order valence-corrected chi connectivity index (χ2v) is 6.14. The van der Waals surface area contributed by atoms with E-state index in [0.717, 1.165) is 5.56 Å². The SMILES string of the molecule is COCCN(Cc1ccccc1)S(=O)(=O)c1cnc[nH]1. The Morgan fingerprint density at radius 3 is 2.65 bits per heavy atom. The van der Waals surface area contributed by atoms with Crippen LogP contribution in [0, 0.1) is 0 Å². The van der Waals surface area contributed by atoms with Crippen LogP contribution in [0.1, 0.15) is 5.56 Å². The predicted octanol–water partition coefficient (Wildman–Crippen LogP) is 1.25. The summed E-state index contributed by atoms with van der Waals surface area (Å²) in [6.07, 6.45) is 2.66. The van der Waals surface area contributed by atoms with Crippen LogP contribution in [0.3, 0.4) is 0 Å². The van der Waals surface area contributed by atoms with Crippen molar-refractivity contribution in [2.24, 2.45) is 0 Å². The summed E-state index contributed by atoms with van der Waals surface area (Å²) in [5, 5.41) is 0.0875. The standard InChI is InChI=1S/C13H17N3O3S/c1-19-8-7-16(10-12-5-3-2-4-6-12)20(17,18)13-9-14-11-15-13/h2-6,9,11H,7-8,10H2,1H3,(H,14,15). The zero-order valence-electron chi connectivity index (χ0n) is 11.2. The van der Waals surface area contributed by atoms with Gasteiger partial charge in [0.15, 0.2) is 5.03 Å². The van der Waals surface area contributed by atoms with Gasteiger partial charge < -0.3 is 9.72 Å². The van der Waals surface area contributed by atoms with Crippen molar-refractivity contribution >= 4 is 10.0 Å². The van der Waals surface area contributed by atoms with Gasteiger partial charge in [-0.05, 0) is 5.56 Å². The van der Waals surface area contributed by atoms with Gasteiger partial charge in [0.25, 0.3) is 10.0 Å². The monoisotopic (exact) mass is 295 g/mol. The Hall–Kier alpha value is -1.70. The molecule has 0 aliphatic carbocycles. The first kappa shape index (κ1) is 14.7. The number of benzene rings is 1. The summed E-state index contributed by atoms with van der Waals surface area (Å²) in [6, 6.07) is 9.44. The van der Waals surface area contributed by atoms with E-state index < -0.39 is 10.0 Å². The molecule has 2 rings (SSSR count). The summed E-state index contributed by atoms with van der Waals surface area (Å²) in [6.45, 7) is 0.915. The molecule has 0 atom stereocenters. The Morgan fingerprint density at radius 2 is 2.05 bits per heavy atom. The summed E-state index contributed by atoms with van der Waals surface area (Å²) in [4.78, 5) is 6.40. The molecular weight excluding hydrogens is 278 g/mol. The van der Waals surface area contributed by atoms with E-state index in [1.807, 2.05) is 30.3 Å². The fourth-order valence-electron chi connectivity index (χ4n) is 1.79. The topological polar surface area (TPSA) is 75.3 Å². The number of rotatable bonds is 7. The first-order chi connectivity index (χ1) is 9.64. The number of nitrogens with one attached hydrogen (secondary N) is 1. The van der Waals surface area contributed by atoms with Crippen LogP contribution < -0.4 is 0 Å². The molecule has 20 heavy (non-hydrogen) atoms. The van der Waals surface area contributed by atoms with Crippen molar-refractivity contribution in [3.05, 3.63) is 48.4 Å². The highest BCUT2D eigenvalue weighted by atomic mass is 32.2. The maximum atomic E-state index is 12.5. The molecule has 6 nitrogen and oxygen atoms in total. The highest BCUT2D eigenvalue weighted by Gasteiger charge is 2.25. The lowest BCUT2D eigenvalue weighted by atomic mass is 10.2. The van der Waals surface area contributed by atoms with Crippen LogP contribution in [-0.2, 0) is 21.3 Å². The number of aromatic amines is 1. The number of hydrogen-bond donors (Lipinski definition) is 1. The maximum absolute atomic E-state index is 12.5. The Kier molecular flexibility index (Phi) is 4.89. The lowest BCUT2D eigenvalue weighted by molar-refractivity contribution is 0.177. The summed E-state index contributed by atoms with van der Waals surface area (Å²) < 4.78 is 31.4. The quantitative estimate of drug-likeness (QED) is 0.834. The van der Waals surface area contributed by atoms with Gasteiger partial charge in [0.05, 0.1) is 19.1 Å². The third kappa shape index (κ3) is 3.44. The van der Waals surface area contributed by atoms with Crippen molar-refractivity contribution in [1.82, 2.24) is 14.3 Å². The molecule has 0 aliphatic rings. The van der Waals surface area contributed by atoms with Crippen molar-refractivity contribution in [2.75, 3.05) is 20.3 Å². The summed E-state index contributed by atoms with van der Waals surface area (Å²) in [5.41, 5.74) is 0.923. The second kappa shape index (κ2) is 6.65. The number of sulfonamides is 1. The molecule has 108 valence electrons. The van der Waals surface area contributed by atoms with E-state index >= 15 is 0 Å². The molecule has 0 saturated heterocycles. The number of aromatic nitrogens is 2. The van der Waals surface area contributed by atoms with Crippen LogP contribution >= 0.6 is 0 Å². The average Bonchev–Trinajstić information content (AvgIpc) is 2.99. The van der Waals surface area contributed by atoms with Gasteiger partial charge in [0, 0.05) is 20.2 Å². The number of H-pyrrole nitrogens is 1. The molecule has 0 spiro atoms. The van der Waals surface area contributed by atoms with Gasteiger partial charge in [0.1, 0.15) is 0 Å². The molecule has 2 aromatic rings. The summed E-state index contributed by atoms with van der Waals surface area (Å²) in [5.74, 6) is 0. The number of nitrogens with zero attached hydrogens (tertiary/aromatic N) is 2. The minimum atomic E-state index is -3.59. The van der Waals surface area contributed by atoms with E-state index in [9.17, 15) is 8.42 Å². The molecule has 0 saturated carbocycles. The van der Waals surface area contributed by atoms with Gasteiger partial charge in [-0.1, -0.05) is 30.3 Å². The third-order valence-electron chi connectivity index (χ3n) is 2.84. The Balaban J connectivity index is 2.23. The summed E-state index contributed by atoms with van der Waals surface area (Å²) >= 11 is 0. The normalized spacial score (nSPS) is 11.9. The highest BCUT2D eigenvalue weighted by Crippen LogP contribution is 2.15. The first-order valence-corrected chi connectivity index (χ1v) is 7.60. The van der Waals surface area contributed by atoms with Crippen LogP contribution in [0.25, 0.3) is 0 Å². The molecule has 0 unspecified atom stereocenters. The average molecular weight is 295 g/mol. The van der Waals surface area contributed by atoms with E-state index in [2.05, 4.69) is 9.97 Å². The molecule has 7 heteroatoms. The van der Waals surface area contributed by atoms with Gasteiger partial charge >= 0.3 is 0 Å². The van der Waals surface area contributed by atoms with Gasteiger partial charge in [-0.15, -0.1) is 0 Å². The summed E-state index contributed by atoms with van der Waals surface area (Å²) in [7, 11) is -2.05. The molecule has 0 amide bonds. The Bertz CT molecular complexity index is 612. The zero-order chi connectivity index (χ0) is 14.4. The van der Waals surface area contributed by atoms with Crippen LogP contribution in [0.2, 0.25) is 0 Å². The van der Waals surface area contributed by atoms with Crippen molar-refractivity contribution in [3.63, 3.8) is 0 Å². The lowest BCUT2D eigenvalue weighted by Crippen LogP contribution is -2.33. The second-order valence-electron chi connectivity index (χ2n) is 4.23. The van der Waals surface area contributed by atoms with E-state index in [0.29, 0.717) is 13.2 Å². The minimum absolute atomic E-state index is 0.0875. The fraction of sp³-hybridized carbons (Fsp3) is 0.308. The van der Waals surface area contributed by atoms with E-state index in [4.69, 9.17) is 4.74 Å². The minimum Gasteiger partial charge on any atom is -0.383 e. The number of imidazole rings is 1. The molecule has 1 aromatic heterocycles. The molecule has 1 N–H and O–H groups in total. The van der Waals surface area contributed by atoms with Gasteiger partial charge in [-0.2, -0.15) is 4.31 Å². The van der Waals surface area contributed by atoms with Crippen molar-refractivity contribution < 1.29 is 13.2 Å². The van der Waals surface area contributed by atoms with Crippen molar-refractivity contribution in [1.29, 1.82) is 0 Å². The zero-order valence-corrected chi connectivity index (χ0v) is 12.0. The van der Waals surface area contributed by atoms with Crippen LogP contribution in [0.5, 0.6) is 0 Å². The van der Waals surface area contributed by atoms with E-state index in [-0.39, 0.29) is 11.6 Å². The van der Waals surface area contributed by atoms with Crippen molar-refractivity contribution in [2.45, 2.75) is 11.6 Å². The molecule has 0 fully saturated rings. The van der Waals surface area contributed by atoms with Gasteiger partial charge in [-0.3, -0.25) is 0 Å².